The summed E-state index contributed by atoms with van der Waals surface area (Å²) in [5.41, 5.74) is -0.341. The number of aliphatic hydroxyl groups excluding tert-OH is 1. The highest BCUT2D eigenvalue weighted by Crippen LogP contribution is 2.35. The minimum absolute atomic E-state index is 0.279. The molecule has 6 heteroatoms. The molecule has 0 unspecified atom stereocenters. The Bertz CT molecular complexity index is 550. The number of benzene rings is 1. The van der Waals surface area contributed by atoms with Gasteiger partial charge in [0.1, 0.15) is 11.2 Å². The Balaban J connectivity index is 2.18. The van der Waals surface area contributed by atoms with Crippen LogP contribution in [0.1, 0.15) is 18.4 Å². The number of hydrogen-bond acceptors (Lipinski definition) is 5. The smallest absolute Gasteiger partial charge is 0.313 e. The van der Waals surface area contributed by atoms with Crippen molar-refractivity contribution in [3.63, 3.8) is 0 Å². The Hall–Kier alpha value is -1.63. The van der Waals surface area contributed by atoms with Crippen LogP contribution in [0.4, 0.5) is 0 Å². The van der Waals surface area contributed by atoms with E-state index in [1.54, 1.807) is 14.2 Å². The van der Waals surface area contributed by atoms with Gasteiger partial charge < -0.3 is 24.6 Å². The summed E-state index contributed by atoms with van der Waals surface area (Å²) >= 11 is 0. The number of piperidine rings is 1. The molecule has 1 aliphatic heterocycles. The topological polar surface area (TPSA) is 79.2 Å². The molecule has 2 N–H and O–H groups in total. The molecule has 0 bridgehead atoms. The van der Waals surface area contributed by atoms with Gasteiger partial charge in [-0.25, -0.2) is 0 Å². The number of aliphatic hydroxyl groups is 1. The average Bonchev–Trinajstić information content (AvgIpc) is 2.58. The molecule has 1 aliphatic rings. The fraction of sp³-hybridized carbons (Fsp3) is 0.611. The second-order valence-corrected chi connectivity index (χ2v) is 6.42. The molecule has 1 saturated heterocycles. The van der Waals surface area contributed by atoms with Crippen molar-refractivity contribution in [1.29, 1.82) is 0 Å². The molecule has 0 spiro atoms. The van der Waals surface area contributed by atoms with E-state index >= 15 is 0 Å². The van der Waals surface area contributed by atoms with Crippen LogP contribution < -0.4 is 4.74 Å². The zero-order valence-electron chi connectivity index (χ0n) is 14.4. The van der Waals surface area contributed by atoms with Gasteiger partial charge in [0.2, 0.25) is 0 Å². The predicted octanol–water partition coefficient (Wildman–Crippen LogP) is 1.41. The van der Waals surface area contributed by atoms with Gasteiger partial charge >= 0.3 is 5.97 Å². The molecule has 134 valence electrons. The van der Waals surface area contributed by atoms with E-state index in [9.17, 15) is 15.0 Å². The summed E-state index contributed by atoms with van der Waals surface area (Å²) in [5.74, 6) is -0.260. The number of carboxylic acids is 1. The molecule has 24 heavy (non-hydrogen) atoms. The third-order valence-electron chi connectivity index (χ3n) is 4.76. The summed E-state index contributed by atoms with van der Waals surface area (Å²) in [6.45, 7) is 2.46. The fourth-order valence-corrected chi connectivity index (χ4v) is 3.39. The van der Waals surface area contributed by atoms with Crippen LogP contribution in [0.5, 0.6) is 5.75 Å². The summed E-state index contributed by atoms with van der Waals surface area (Å²) in [6.07, 6.45) is 0.728. The Kier molecular flexibility index (Phi) is 6.60. The summed E-state index contributed by atoms with van der Waals surface area (Å²) in [7, 11) is 3.24. The van der Waals surface area contributed by atoms with E-state index in [2.05, 4.69) is 4.90 Å². The first-order chi connectivity index (χ1) is 11.5. The van der Waals surface area contributed by atoms with Crippen LogP contribution in [0.2, 0.25) is 0 Å². The number of likely N-dealkylation sites (tertiary alicyclic amines) is 1. The number of aliphatic carboxylic acids is 1. The van der Waals surface area contributed by atoms with Crippen LogP contribution in [-0.4, -0.2) is 67.6 Å². The zero-order chi connectivity index (χ0) is 17.6. The molecular weight excluding hydrogens is 310 g/mol. The van der Waals surface area contributed by atoms with Crippen molar-refractivity contribution < 1.29 is 24.5 Å². The molecule has 1 aromatic rings. The van der Waals surface area contributed by atoms with Crippen molar-refractivity contribution >= 4 is 5.97 Å². The SMILES string of the molecule is COCCCN1CC[C@@H](O)[C@](Cc2cccc(OC)c2)(C(=O)O)C1. The van der Waals surface area contributed by atoms with E-state index in [0.717, 1.165) is 18.5 Å². The van der Waals surface area contributed by atoms with Crippen molar-refractivity contribution in [2.24, 2.45) is 5.41 Å². The molecule has 1 heterocycles. The Labute approximate surface area is 143 Å². The van der Waals surface area contributed by atoms with Crippen LogP contribution in [0.15, 0.2) is 24.3 Å². The zero-order valence-corrected chi connectivity index (χ0v) is 14.4. The molecule has 2 atom stereocenters. The molecule has 0 radical (unpaired) electrons. The highest BCUT2D eigenvalue weighted by molar-refractivity contribution is 5.76. The maximum Gasteiger partial charge on any atom is 0.313 e. The molecule has 6 nitrogen and oxygen atoms in total. The lowest BCUT2D eigenvalue weighted by Gasteiger charge is -2.43. The van der Waals surface area contributed by atoms with Crippen molar-refractivity contribution in [2.75, 3.05) is 40.5 Å². The number of ether oxygens (including phenoxy) is 2. The van der Waals surface area contributed by atoms with Gasteiger partial charge in [-0.2, -0.15) is 0 Å². The third kappa shape index (κ3) is 4.26. The summed E-state index contributed by atoms with van der Waals surface area (Å²) < 4.78 is 10.3. The van der Waals surface area contributed by atoms with Crippen LogP contribution in [-0.2, 0) is 16.0 Å². The minimum atomic E-state index is -1.20. The molecule has 1 aromatic carbocycles. The first-order valence-electron chi connectivity index (χ1n) is 8.27. The van der Waals surface area contributed by atoms with Gasteiger partial charge in [0, 0.05) is 33.4 Å². The van der Waals surface area contributed by atoms with Gasteiger partial charge in [-0.15, -0.1) is 0 Å². The lowest BCUT2D eigenvalue weighted by Crippen LogP contribution is -2.57. The van der Waals surface area contributed by atoms with Gasteiger partial charge in [0.15, 0.2) is 0 Å². The quantitative estimate of drug-likeness (QED) is 0.698. The normalized spacial score (nSPS) is 24.7. The van der Waals surface area contributed by atoms with Crippen molar-refractivity contribution in [3.8, 4) is 5.75 Å². The number of carboxylic acid groups (broad SMARTS) is 1. The van der Waals surface area contributed by atoms with Gasteiger partial charge in [-0.1, -0.05) is 12.1 Å². The summed E-state index contributed by atoms with van der Waals surface area (Å²) in [5, 5.41) is 20.4. The molecular formula is C18H27NO5. The van der Waals surface area contributed by atoms with Crippen LogP contribution >= 0.6 is 0 Å². The lowest BCUT2D eigenvalue weighted by molar-refractivity contribution is -0.163. The Morgan fingerprint density at radius 2 is 2.21 bits per heavy atom. The Morgan fingerprint density at radius 1 is 1.42 bits per heavy atom. The van der Waals surface area contributed by atoms with E-state index in [-0.39, 0.29) is 6.42 Å². The first-order valence-corrected chi connectivity index (χ1v) is 8.27. The standard InChI is InChI=1S/C18H27NO5/c1-23-10-4-8-19-9-7-16(20)18(13-19,17(21)22)12-14-5-3-6-15(11-14)24-2/h3,5-6,11,16,20H,4,7-10,12-13H2,1-2H3,(H,21,22)/t16-,18-/m1/s1. The van der Waals surface area contributed by atoms with Gasteiger partial charge in [0.05, 0.1) is 13.2 Å². The number of nitrogens with zero attached hydrogens (tertiary/aromatic N) is 1. The van der Waals surface area contributed by atoms with Crippen LogP contribution in [0.3, 0.4) is 0 Å². The lowest BCUT2D eigenvalue weighted by atomic mass is 9.73. The molecule has 0 aliphatic carbocycles. The number of rotatable bonds is 8. The first kappa shape index (κ1) is 18.7. The van der Waals surface area contributed by atoms with Crippen LogP contribution in [0.25, 0.3) is 0 Å². The highest BCUT2D eigenvalue weighted by atomic mass is 16.5. The summed E-state index contributed by atoms with van der Waals surface area (Å²) in [6, 6.07) is 7.38. The van der Waals surface area contributed by atoms with Gasteiger partial charge in [-0.3, -0.25) is 4.79 Å². The minimum Gasteiger partial charge on any atom is -0.497 e. The molecule has 0 amide bonds. The van der Waals surface area contributed by atoms with E-state index in [1.807, 2.05) is 24.3 Å². The van der Waals surface area contributed by atoms with Crippen molar-refractivity contribution in [3.05, 3.63) is 29.8 Å². The molecule has 0 saturated carbocycles. The average molecular weight is 337 g/mol. The fourth-order valence-electron chi connectivity index (χ4n) is 3.39. The monoisotopic (exact) mass is 337 g/mol. The predicted molar refractivity (Wildman–Crippen MR) is 90.3 cm³/mol. The molecule has 0 aromatic heterocycles. The van der Waals surface area contributed by atoms with Crippen molar-refractivity contribution in [2.45, 2.75) is 25.4 Å². The number of methoxy groups -OCH3 is 2. The van der Waals surface area contributed by atoms with E-state index < -0.39 is 17.5 Å². The number of carbonyl (C=O) groups is 1. The second-order valence-electron chi connectivity index (χ2n) is 6.42. The van der Waals surface area contributed by atoms with Gasteiger partial charge in [0.25, 0.3) is 0 Å². The number of hydrogen-bond donors (Lipinski definition) is 2. The Morgan fingerprint density at radius 3 is 2.88 bits per heavy atom. The second kappa shape index (κ2) is 8.46. The largest absolute Gasteiger partial charge is 0.497 e. The van der Waals surface area contributed by atoms with E-state index in [4.69, 9.17) is 9.47 Å². The van der Waals surface area contributed by atoms with Crippen LogP contribution in [0, 0.1) is 5.41 Å². The van der Waals surface area contributed by atoms with Crippen molar-refractivity contribution in [1.82, 2.24) is 4.90 Å². The maximum absolute atomic E-state index is 12.1. The molecule has 2 rings (SSSR count). The van der Waals surface area contributed by atoms with Gasteiger partial charge in [-0.05, 0) is 37.0 Å². The van der Waals surface area contributed by atoms with E-state index in [0.29, 0.717) is 31.9 Å². The third-order valence-corrected chi connectivity index (χ3v) is 4.76. The molecule has 1 fully saturated rings. The maximum atomic E-state index is 12.1. The summed E-state index contributed by atoms with van der Waals surface area (Å²) in [4.78, 5) is 14.2. The highest BCUT2D eigenvalue weighted by Gasteiger charge is 2.49. The van der Waals surface area contributed by atoms with E-state index in [1.165, 1.54) is 0 Å².